The number of hydrogen-bond acceptors (Lipinski definition) is 3. The van der Waals surface area contributed by atoms with Crippen LogP contribution in [0.2, 0.25) is 0 Å². The Labute approximate surface area is 88.8 Å². The number of carboxylic acid groups (broad SMARTS) is 1. The summed E-state index contributed by atoms with van der Waals surface area (Å²) in [4.78, 5) is 22.3. The molecule has 5 nitrogen and oxygen atoms in total. The molecule has 1 aliphatic carbocycles. The van der Waals surface area contributed by atoms with Crippen LogP contribution in [0.1, 0.15) is 27.2 Å². The summed E-state index contributed by atoms with van der Waals surface area (Å²) in [5.41, 5.74) is -1.21. The number of ether oxygens (including phenoxy) is 1. The first-order valence-electron chi connectivity index (χ1n) is 5.05. The van der Waals surface area contributed by atoms with E-state index in [2.05, 4.69) is 5.32 Å². The fourth-order valence-electron chi connectivity index (χ4n) is 1.30. The summed E-state index contributed by atoms with van der Waals surface area (Å²) in [7, 11) is 0. The van der Waals surface area contributed by atoms with Gasteiger partial charge in [-0.2, -0.15) is 0 Å². The summed E-state index contributed by atoms with van der Waals surface area (Å²) in [6.45, 7) is 5.38. The minimum atomic E-state index is -1.21. The summed E-state index contributed by atoms with van der Waals surface area (Å²) < 4.78 is 5.25. The molecule has 0 aromatic rings. The first-order valence-corrected chi connectivity index (χ1v) is 5.05. The lowest BCUT2D eigenvalue weighted by molar-refractivity contribution is -0.146. The lowest BCUT2D eigenvalue weighted by Crippen LogP contribution is -2.50. The number of carboxylic acids is 1. The van der Waals surface area contributed by atoms with Crippen molar-refractivity contribution < 1.29 is 19.4 Å². The summed E-state index contributed by atoms with van der Waals surface area (Å²) in [5.74, 6) is -1.45. The van der Waals surface area contributed by atoms with Gasteiger partial charge in [0.25, 0.3) is 0 Å². The first-order chi connectivity index (χ1) is 6.88. The molecule has 0 aliphatic heterocycles. The molecule has 0 radical (unpaired) electrons. The van der Waals surface area contributed by atoms with E-state index in [-0.39, 0.29) is 17.9 Å². The van der Waals surface area contributed by atoms with Gasteiger partial charge in [0, 0.05) is 6.61 Å². The van der Waals surface area contributed by atoms with Crippen LogP contribution in [0.15, 0.2) is 0 Å². The largest absolute Gasteiger partial charge is 0.480 e. The molecule has 0 saturated heterocycles. The minimum absolute atomic E-state index is 0.0282. The second-order valence-corrected chi connectivity index (χ2v) is 4.26. The van der Waals surface area contributed by atoms with Crippen molar-refractivity contribution in [2.24, 2.45) is 5.92 Å². The molecule has 0 heterocycles. The monoisotopic (exact) mass is 215 g/mol. The Morgan fingerprint density at radius 2 is 2.13 bits per heavy atom. The fourth-order valence-corrected chi connectivity index (χ4v) is 1.30. The van der Waals surface area contributed by atoms with Gasteiger partial charge in [-0.1, -0.05) is 0 Å². The number of carbonyl (C=O) groups excluding carboxylic acids is 1. The van der Waals surface area contributed by atoms with Crippen LogP contribution >= 0.6 is 0 Å². The van der Waals surface area contributed by atoms with Crippen LogP contribution in [0.5, 0.6) is 0 Å². The molecule has 0 aromatic heterocycles. The minimum Gasteiger partial charge on any atom is -0.480 e. The number of rotatable bonds is 5. The maximum absolute atomic E-state index is 11.6. The molecule has 5 heteroatoms. The Kier molecular flexibility index (Phi) is 3.34. The van der Waals surface area contributed by atoms with E-state index in [1.807, 2.05) is 6.92 Å². The Morgan fingerprint density at radius 3 is 2.60 bits per heavy atom. The molecule has 1 amide bonds. The zero-order chi connectivity index (χ0) is 11.6. The molecule has 1 saturated carbocycles. The average molecular weight is 215 g/mol. The summed E-state index contributed by atoms with van der Waals surface area (Å²) in [5, 5.41) is 11.3. The SMILES string of the molecule is CCOC1CC1C(=O)NC(C)(C)C(=O)O. The molecule has 0 bridgehead atoms. The Balaban J connectivity index is 2.41. The maximum Gasteiger partial charge on any atom is 0.328 e. The van der Waals surface area contributed by atoms with Crippen LogP contribution in [0.4, 0.5) is 0 Å². The lowest BCUT2D eigenvalue weighted by atomic mass is 10.1. The molecule has 2 N–H and O–H groups in total. The van der Waals surface area contributed by atoms with Gasteiger partial charge in [0.2, 0.25) is 5.91 Å². The molecule has 1 rings (SSSR count). The molecule has 2 atom stereocenters. The maximum atomic E-state index is 11.6. The van der Waals surface area contributed by atoms with Gasteiger partial charge < -0.3 is 15.2 Å². The third kappa shape index (κ3) is 2.92. The van der Waals surface area contributed by atoms with E-state index in [1.54, 1.807) is 0 Å². The van der Waals surface area contributed by atoms with E-state index in [1.165, 1.54) is 13.8 Å². The van der Waals surface area contributed by atoms with Crippen molar-refractivity contribution in [3.8, 4) is 0 Å². The summed E-state index contributed by atoms with van der Waals surface area (Å²) >= 11 is 0. The molecule has 86 valence electrons. The fraction of sp³-hybridized carbons (Fsp3) is 0.800. The predicted molar refractivity (Wildman–Crippen MR) is 53.4 cm³/mol. The van der Waals surface area contributed by atoms with Gasteiger partial charge in [-0.25, -0.2) is 4.79 Å². The first kappa shape index (κ1) is 12.0. The molecule has 1 fully saturated rings. The van der Waals surface area contributed by atoms with Crippen molar-refractivity contribution in [3.05, 3.63) is 0 Å². The highest BCUT2D eigenvalue weighted by molar-refractivity contribution is 5.89. The van der Waals surface area contributed by atoms with Crippen LogP contribution in [0.3, 0.4) is 0 Å². The zero-order valence-electron chi connectivity index (χ0n) is 9.24. The summed E-state index contributed by atoms with van der Waals surface area (Å²) in [6.07, 6.45) is 0.662. The number of nitrogens with one attached hydrogen (secondary N) is 1. The van der Waals surface area contributed by atoms with Crippen molar-refractivity contribution in [1.29, 1.82) is 0 Å². The molecule has 0 spiro atoms. The van der Waals surface area contributed by atoms with E-state index < -0.39 is 11.5 Å². The van der Waals surface area contributed by atoms with Crippen LogP contribution in [-0.4, -0.2) is 35.2 Å². The van der Waals surface area contributed by atoms with Crippen LogP contribution < -0.4 is 5.32 Å². The highest BCUT2D eigenvalue weighted by Gasteiger charge is 2.46. The zero-order valence-corrected chi connectivity index (χ0v) is 9.24. The predicted octanol–water partition coefficient (Wildman–Crippen LogP) is 0.391. The van der Waals surface area contributed by atoms with E-state index in [0.29, 0.717) is 13.0 Å². The van der Waals surface area contributed by atoms with Gasteiger partial charge in [0.15, 0.2) is 0 Å². The van der Waals surface area contributed by atoms with E-state index >= 15 is 0 Å². The highest BCUT2D eigenvalue weighted by Crippen LogP contribution is 2.34. The van der Waals surface area contributed by atoms with Crippen LogP contribution in [0.25, 0.3) is 0 Å². The average Bonchev–Trinajstić information content (AvgIpc) is 2.83. The van der Waals surface area contributed by atoms with Crippen molar-refractivity contribution in [1.82, 2.24) is 5.32 Å². The van der Waals surface area contributed by atoms with Crippen molar-refractivity contribution >= 4 is 11.9 Å². The number of carbonyl (C=O) groups is 2. The smallest absolute Gasteiger partial charge is 0.328 e. The lowest BCUT2D eigenvalue weighted by Gasteiger charge is -2.20. The van der Waals surface area contributed by atoms with Gasteiger partial charge in [-0.15, -0.1) is 0 Å². The van der Waals surface area contributed by atoms with Crippen LogP contribution in [-0.2, 0) is 14.3 Å². The second kappa shape index (κ2) is 4.18. The van der Waals surface area contributed by atoms with Crippen LogP contribution in [0, 0.1) is 5.92 Å². The van der Waals surface area contributed by atoms with Gasteiger partial charge in [-0.05, 0) is 27.2 Å². The van der Waals surface area contributed by atoms with Crippen molar-refractivity contribution in [2.45, 2.75) is 38.8 Å². The Morgan fingerprint density at radius 1 is 1.53 bits per heavy atom. The number of hydrogen-bond donors (Lipinski definition) is 2. The molecular weight excluding hydrogens is 198 g/mol. The molecular formula is C10H17NO4. The number of aliphatic carboxylic acids is 1. The summed E-state index contributed by atoms with van der Waals surface area (Å²) in [6, 6.07) is 0. The van der Waals surface area contributed by atoms with Gasteiger partial charge in [0.05, 0.1) is 12.0 Å². The third-order valence-electron chi connectivity index (χ3n) is 2.42. The standard InChI is InChI=1S/C10H17NO4/c1-4-15-7-5-6(7)8(12)11-10(2,3)9(13)14/h6-7H,4-5H2,1-3H3,(H,11,12)(H,13,14). The number of amides is 1. The van der Waals surface area contributed by atoms with Gasteiger partial charge in [0.1, 0.15) is 5.54 Å². The Hall–Kier alpha value is -1.10. The van der Waals surface area contributed by atoms with Gasteiger partial charge >= 0.3 is 5.97 Å². The third-order valence-corrected chi connectivity index (χ3v) is 2.42. The van der Waals surface area contributed by atoms with E-state index in [0.717, 1.165) is 0 Å². The van der Waals surface area contributed by atoms with Gasteiger partial charge in [-0.3, -0.25) is 4.79 Å². The molecule has 15 heavy (non-hydrogen) atoms. The van der Waals surface area contributed by atoms with E-state index in [9.17, 15) is 9.59 Å². The van der Waals surface area contributed by atoms with Crippen molar-refractivity contribution in [3.63, 3.8) is 0 Å². The molecule has 0 aromatic carbocycles. The molecule has 1 aliphatic rings. The van der Waals surface area contributed by atoms with E-state index in [4.69, 9.17) is 9.84 Å². The quantitative estimate of drug-likeness (QED) is 0.695. The van der Waals surface area contributed by atoms with Crippen molar-refractivity contribution in [2.75, 3.05) is 6.61 Å². The topological polar surface area (TPSA) is 75.6 Å². The molecule has 2 unspecified atom stereocenters. The second-order valence-electron chi connectivity index (χ2n) is 4.26. The Bertz CT molecular complexity index is 275. The normalized spacial score (nSPS) is 24.7. The highest BCUT2D eigenvalue weighted by atomic mass is 16.5.